The van der Waals surface area contributed by atoms with Gasteiger partial charge >= 0.3 is 0 Å². The van der Waals surface area contributed by atoms with Gasteiger partial charge in [-0.1, -0.05) is 24.3 Å². The zero-order valence-electron chi connectivity index (χ0n) is 11.3. The number of nitrogens with zero attached hydrogens (tertiary/aromatic N) is 2. The summed E-state index contributed by atoms with van der Waals surface area (Å²) in [4.78, 5) is 15.4. The van der Waals surface area contributed by atoms with Gasteiger partial charge < -0.3 is 0 Å². The molecule has 1 aliphatic rings. The molecule has 0 N–H and O–H groups in total. The van der Waals surface area contributed by atoms with E-state index in [1.165, 1.54) is 0 Å². The summed E-state index contributed by atoms with van der Waals surface area (Å²) in [6, 6.07) is 1.65. The lowest BCUT2D eigenvalue weighted by molar-refractivity contribution is -0.385. The number of hydrogen-bond donors (Lipinski definition) is 0. The van der Waals surface area contributed by atoms with E-state index in [-0.39, 0.29) is 16.5 Å². The van der Waals surface area contributed by atoms with E-state index in [1.54, 1.807) is 24.3 Å². The molecular weight excluding hydrogens is 272 g/mol. The number of fused-ring (bicyclic) bond motifs is 1. The van der Waals surface area contributed by atoms with Gasteiger partial charge in [-0.2, -0.15) is 0 Å². The second kappa shape index (κ2) is 4.83. The van der Waals surface area contributed by atoms with Crippen molar-refractivity contribution in [2.24, 2.45) is 0 Å². The van der Waals surface area contributed by atoms with Crippen LogP contribution < -0.4 is 0 Å². The third-order valence-electron chi connectivity index (χ3n) is 3.59. The second-order valence-corrected chi connectivity index (χ2v) is 6.01. The van der Waals surface area contributed by atoms with Gasteiger partial charge in [0, 0.05) is 12.0 Å². The quantitative estimate of drug-likeness (QED) is 0.606. The molecule has 0 fully saturated rings. The van der Waals surface area contributed by atoms with Gasteiger partial charge in [0.25, 0.3) is 5.69 Å². The van der Waals surface area contributed by atoms with Crippen LogP contribution in [0, 0.1) is 24.0 Å². The minimum absolute atomic E-state index is 0.158. The van der Waals surface area contributed by atoms with Crippen LogP contribution >= 0.6 is 11.3 Å². The molecule has 1 heterocycles. The Morgan fingerprint density at radius 2 is 2.20 bits per heavy atom. The Kier molecular flexibility index (Phi) is 3.14. The van der Waals surface area contributed by atoms with Gasteiger partial charge in [-0.25, -0.2) is 4.98 Å². The molecule has 4 nitrogen and oxygen atoms in total. The average Bonchev–Trinajstić information content (AvgIpc) is 2.89. The van der Waals surface area contributed by atoms with Crippen molar-refractivity contribution >= 4 is 27.2 Å². The number of rotatable bonds is 2. The second-order valence-electron chi connectivity index (χ2n) is 4.98. The lowest BCUT2D eigenvalue weighted by Crippen LogP contribution is -1.96. The number of allylic oxidation sites excluding steroid dienone is 4. The molecule has 1 aliphatic carbocycles. The summed E-state index contributed by atoms with van der Waals surface area (Å²) in [7, 11) is 0. The first-order valence-corrected chi connectivity index (χ1v) is 7.28. The molecule has 1 aromatic heterocycles. The van der Waals surface area contributed by atoms with Crippen LogP contribution in [0.2, 0.25) is 0 Å². The first-order valence-electron chi connectivity index (χ1n) is 6.46. The van der Waals surface area contributed by atoms with Gasteiger partial charge in [-0.3, -0.25) is 10.1 Å². The van der Waals surface area contributed by atoms with E-state index in [2.05, 4.69) is 17.1 Å². The normalized spacial score (nSPS) is 17.8. The molecular formula is C15H14N2O2S. The van der Waals surface area contributed by atoms with Gasteiger partial charge in [0.2, 0.25) is 0 Å². The predicted molar refractivity (Wildman–Crippen MR) is 81.4 cm³/mol. The molecule has 2 aromatic rings. The number of nitro groups is 1. The van der Waals surface area contributed by atoms with Crippen molar-refractivity contribution in [3.05, 3.63) is 56.6 Å². The van der Waals surface area contributed by atoms with E-state index in [0.29, 0.717) is 5.56 Å². The fourth-order valence-corrected chi connectivity index (χ4v) is 3.66. The third-order valence-corrected chi connectivity index (χ3v) is 4.91. The van der Waals surface area contributed by atoms with Crippen LogP contribution in [0.3, 0.4) is 0 Å². The first kappa shape index (κ1) is 13.0. The topological polar surface area (TPSA) is 56.0 Å². The summed E-state index contributed by atoms with van der Waals surface area (Å²) in [5.74, 6) is 0.287. The SMILES string of the molecule is Cc1c([N+](=O)[O-])cc(C)c2sc(C3C=CC=CC3)nc12. The first-order chi connectivity index (χ1) is 9.58. The maximum Gasteiger partial charge on any atom is 0.274 e. The van der Waals surface area contributed by atoms with Crippen molar-refractivity contribution in [2.45, 2.75) is 26.2 Å². The van der Waals surface area contributed by atoms with E-state index in [1.807, 2.05) is 19.1 Å². The van der Waals surface area contributed by atoms with Crippen LogP contribution in [0.5, 0.6) is 0 Å². The summed E-state index contributed by atoms with van der Waals surface area (Å²) in [5, 5.41) is 12.1. The van der Waals surface area contributed by atoms with E-state index in [0.717, 1.165) is 27.2 Å². The molecule has 1 atom stereocenters. The minimum Gasteiger partial charge on any atom is -0.258 e. The Bertz CT molecular complexity index is 759. The maximum atomic E-state index is 11.1. The molecule has 0 bridgehead atoms. The van der Waals surface area contributed by atoms with Crippen molar-refractivity contribution in [3.63, 3.8) is 0 Å². The standard InChI is InChI=1S/C15H14N2O2S/c1-9-8-12(17(18)19)10(2)13-14(9)20-15(16-13)11-6-4-3-5-7-11/h3-6,8,11H,7H2,1-2H3. The lowest BCUT2D eigenvalue weighted by atomic mass is 10.0. The number of aryl methyl sites for hydroxylation is 2. The molecule has 0 amide bonds. The monoisotopic (exact) mass is 286 g/mol. The van der Waals surface area contributed by atoms with E-state index >= 15 is 0 Å². The molecule has 1 aromatic carbocycles. The van der Waals surface area contributed by atoms with Crippen molar-refractivity contribution in [1.82, 2.24) is 4.98 Å². The van der Waals surface area contributed by atoms with Crippen molar-refractivity contribution < 1.29 is 4.92 Å². The highest BCUT2D eigenvalue weighted by Crippen LogP contribution is 2.37. The molecule has 102 valence electrons. The van der Waals surface area contributed by atoms with Gasteiger partial charge in [-0.15, -0.1) is 11.3 Å². The molecule has 0 aliphatic heterocycles. The van der Waals surface area contributed by atoms with E-state index in [4.69, 9.17) is 0 Å². The zero-order valence-corrected chi connectivity index (χ0v) is 12.1. The maximum absolute atomic E-state index is 11.1. The summed E-state index contributed by atoms with van der Waals surface area (Å²) in [6.45, 7) is 3.69. The predicted octanol–water partition coefficient (Wildman–Crippen LogP) is 4.42. The van der Waals surface area contributed by atoms with Gasteiger partial charge in [0.1, 0.15) is 5.01 Å². The Hall–Kier alpha value is -2.01. The molecule has 1 unspecified atom stereocenters. The molecule has 0 spiro atoms. The number of thiazole rings is 1. The van der Waals surface area contributed by atoms with Crippen LogP contribution in [0.4, 0.5) is 5.69 Å². The Morgan fingerprint density at radius 1 is 1.40 bits per heavy atom. The molecule has 5 heteroatoms. The van der Waals surface area contributed by atoms with Crippen LogP contribution in [0.1, 0.15) is 28.5 Å². The fourth-order valence-electron chi connectivity index (χ4n) is 2.47. The van der Waals surface area contributed by atoms with Crippen molar-refractivity contribution in [3.8, 4) is 0 Å². The molecule has 0 saturated heterocycles. The van der Waals surface area contributed by atoms with Crippen molar-refractivity contribution in [1.29, 1.82) is 0 Å². The van der Waals surface area contributed by atoms with E-state index < -0.39 is 0 Å². The number of nitro benzene ring substituents is 1. The summed E-state index contributed by atoms with van der Waals surface area (Å²) in [6.07, 6.45) is 9.26. The third kappa shape index (κ3) is 2.04. The smallest absolute Gasteiger partial charge is 0.258 e. The van der Waals surface area contributed by atoms with E-state index in [9.17, 15) is 10.1 Å². The molecule has 0 saturated carbocycles. The molecule has 3 rings (SSSR count). The number of hydrogen-bond acceptors (Lipinski definition) is 4. The minimum atomic E-state index is -0.329. The fraction of sp³-hybridized carbons (Fsp3) is 0.267. The lowest BCUT2D eigenvalue weighted by Gasteiger charge is -2.08. The highest BCUT2D eigenvalue weighted by atomic mass is 32.1. The van der Waals surface area contributed by atoms with Gasteiger partial charge in [0.15, 0.2) is 0 Å². The number of aromatic nitrogens is 1. The Morgan fingerprint density at radius 3 is 2.85 bits per heavy atom. The average molecular weight is 286 g/mol. The van der Waals surface area contributed by atoms with Crippen LogP contribution in [0.15, 0.2) is 30.4 Å². The summed E-state index contributed by atoms with van der Waals surface area (Å²) < 4.78 is 1.06. The Labute approximate surface area is 120 Å². The highest BCUT2D eigenvalue weighted by molar-refractivity contribution is 7.18. The zero-order chi connectivity index (χ0) is 14.3. The van der Waals surface area contributed by atoms with Gasteiger partial charge in [-0.05, 0) is 25.8 Å². The van der Waals surface area contributed by atoms with Crippen LogP contribution in [-0.2, 0) is 0 Å². The Balaban J connectivity index is 2.18. The summed E-state index contributed by atoms with van der Waals surface area (Å²) in [5.41, 5.74) is 2.52. The van der Waals surface area contributed by atoms with Crippen LogP contribution in [0.25, 0.3) is 10.2 Å². The highest BCUT2D eigenvalue weighted by Gasteiger charge is 2.21. The van der Waals surface area contributed by atoms with Crippen LogP contribution in [-0.4, -0.2) is 9.91 Å². The van der Waals surface area contributed by atoms with Crippen molar-refractivity contribution in [2.75, 3.05) is 0 Å². The summed E-state index contributed by atoms with van der Waals surface area (Å²) >= 11 is 1.65. The largest absolute Gasteiger partial charge is 0.274 e. The molecule has 0 radical (unpaired) electrons. The van der Waals surface area contributed by atoms with Gasteiger partial charge in [0.05, 0.1) is 20.7 Å². The molecule has 20 heavy (non-hydrogen) atoms. The number of benzene rings is 1.